The van der Waals surface area contributed by atoms with E-state index in [1.165, 1.54) is 6.20 Å². The molecule has 0 aliphatic heterocycles. The molecule has 0 saturated carbocycles. The van der Waals surface area contributed by atoms with Crippen LogP contribution in [-0.4, -0.2) is 25.4 Å². The molecule has 0 spiro atoms. The highest BCUT2D eigenvalue weighted by molar-refractivity contribution is 6.36. The maximum absolute atomic E-state index is 13.8. The van der Waals surface area contributed by atoms with Crippen LogP contribution in [0.1, 0.15) is 28.4 Å². The van der Waals surface area contributed by atoms with Gasteiger partial charge in [0.25, 0.3) is 0 Å². The summed E-state index contributed by atoms with van der Waals surface area (Å²) in [6.45, 7) is 0. The van der Waals surface area contributed by atoms with E-state index in [1.807, 2.05) is 6.07 Å². The molecule has 5 aromatic rings. The molecule has 0 amide bonds. The summed E-state index contributed by atoms with van der Waals surface area (Å²) in [6, 6.07) is 15.0. The van der Waals surface area contributed by atoms with Crippen molar-refractivity contribution in [2.45, 2.75) is 6.04 Å². The molecule has 9 nitrogen and oxygen atoms in total. The molecular weight excluding hydrogens is 500 g/mol. The van der Waals surface area contributed by atoms with Gasteiger partial charge in [0.1, 0.15) is 11.8 Å². The Hall–Kier alpha value is -5.13. The summed E-state index contributed by atoms with van der Waals surface area (Å²) in [5.74, 6) is -2.37. The number of pyridine rings is 2. The summed E-state index contributed by atoms with van der Waals surface area (Å²) in [5, 5.41) is 36.5. The summed E-state index contributed by atoms with van der Waals surface area (Å²) in [4.78, 5) is 7.69. The number of benzene rings is 2. The predicted octanol–water partition coefficient (Wildman–Crippen LogP) is 5.37. The Morgan fingerprint density at radius 3 is 2.46 bits per heavy atom. The number of H-pyrrole nitrogens is 1. The molecule has 3 N–H and O–H groups in total. The van der Waals surface area contributed by atoms with Crippen molar-refractivity contribution in [3.8, 4) is 12.1 Å². The zero-order valence-electron chi connectivity index (χ0n) is 18.7. The summed E-state index contributed by atoms with van der Waals surface area (Å²) in [5.41, 5.74) is 3.42. The Morgan fingerprint density at radius 2 is 1.78 bits per heavy atom. The van der Waals surface area contributed by atoms with Gasteiger partial charge in [-0.25, -0.2) is 9.37 Å². The van der Waals surface area contributed by atoms with Crippen LogP contribution < -0.4 is 10.6 Å². The first kappa shape index (κ1) is 23.6. The highest BCUT2D eigenvalue weighted by atomic mass is 35.5. The molecule has 0 radical (unpaired) electrons. The normalized spacial score (nSPS) is 11.5. The van der Waals surface area contributed by atoms with E-state index in [0.29, 0.717) is 33.5 Å². The van der Waals surface area contributed by atoms with Crippen LogP contribution in [0.5, 0.6) is 0 Å². The van der Waals surface area contributed by atoms with E-state index in [4.69, 9.17) is 16.9 Å². The fourth-order valence-electron chi connectivity index (χ4n) is 3.79. The number of anilines is 3. The van der Waals surface area contributed by atoms with Gasteiger partial charge in [0.15, 0.2) is 5.82 Å². The Bertz CT molecular complexity index is 1690. The highest BCUT2D eigenvalue weighted by Gasteiger charge is 2.20. The number of nitrogens with one attached hydrogen (secondary N) is 3. The van der Waals surface area contributed by atoms with Gasteiger partial charge >= 0.3 is 0 Å². The van der Waals surface area contributed by atoms with E-state index < -0.39 is 17.8 Å². The number of aromatic nitrogens is 5. The summed E-state index contributed by atoms with van der Waals surface area (Å²) in [7, 11) is 0. The van der Waals surface area contributed by atoms with Crippen molar-refractivity contribution >= 4 is 39.6 Å². The van der Waals surface area contributed by atoms with Crippen molar-refractivity contribution in [3.63, 3.8) is 0 Å². The van der Waals surface area contributed by atoms with E-state index >= 15 is 0 Å². The molecule has 0 aliphatic carbocycles. The lowest BCUT2D eigenvalue weighted by atomic mass is 10.0. The van der Waals surface area contributed by atoms with Gasteiger partial charge in [-0.3, -0.25) is 10.1 Å². The maximum Gasteiger partial charge on any atom is 0.249 e. The molecular formula is C25H14ClF2N9. The number of halogens is 3. The Kier molecular flexibility index (Phi) is 6.29. The largest absolute Gasteiger partial charge is 0.373 e. The van der Waals surface area contributed by atoms with Crippen LogP contribution >= 0.6 is 11.6 Å². The van der Waals surface area contributed by atoms with E-state index in [1.54, 1.807) is 42.6 Å². The highest BCUT2D eigenvalue weighted by Crippen LogP contribution is 2.36. The molecule has 0 unspecified atom stereocenters. The number of aromatic amines is 1. The lowest BCUT2D eigenvalue weighted by molar-refractivity contribution is 0.480. The SMILES string of the molecule is N#Cc1ccc([C@H](Nc2cc(Cl)c3ncc(C#N)c(Nc4cnc(F)c(F)c4)c3c2)c2c[nH]nn2)cc1. The van der Waals surface area contributed by atoms with E-state index in [0.717, 1.165) is 17.8 Å². The Labute approximate surface area is 213 Å². The summed E-state index contributed by atoms with van der Waals surface area (Å²) >= 11 is 6.57. The van der Waals surface area contributed by atoms with Gasteiger partial charge in [0.2, 0.25) is 5.95 Å². The molecule has 12 heteroatoms. The molecule has 0 bridgehead atoms. The average molecular weight is 514 g/mol. The molecule has 180 valence electrons. The predicted molar refractivity (Wildman–Crippen MR) is 132 cm³/mol. The van der Waals surface area contributed by atoms with Gasteiger partial charge in [0.05, 0.1) is 51.3 Å². The molecule has 0 saturated heterocycles. The smallest absolute Gasteiger partial charge is 0.249 e. The van der Waals surface area contributed by atoms with E-state index in [9.17, 15) is 14.0 Å². The minimum Gasteiger partial charge on any atom is -0.373 e. The van der Waals surface area contributed by atoms with Gasteiger partial charge in [-0.2, -0.15) is 14.9 Å². The monoisotopic (exact) mass is 513 g/mol. The average Bonchev–Trinajstić information content (AvgIpc) is 3.45. The quantitative estimate of drug-likeness (QED) is 0.257. The van der Waals surface area contributed by atoms with Crippen LogP contribution in [-0.2, 0) is 0 Å². The molecule has 2 aromatic carbocycles. The van der Waals surface area contributed by atoms with Crippen molar-refractivity contribution in [1.82, 2.24) is 25.4 Å². The van der Waals surface area contributed by atoms with E-state index in [-0.39, 0.29) is 16.3 Å². The van der Waals surface area contributed by atoms with Crippen LogP contribution in [0.15, 0.2) is 61.1 Å². The first-order valence-electron chi connectivity index (χ1n) is 10.7. The lowest BCUT2D eigenvalue weighted by Gasteiger charge is -2.20. The van der Waals surface area contributed by atoms with Gasteiger partial charge in [-0.05, 0) is 29.8 Å². The minimum atomic E-state index is -1.23. The fraction of sp³-hybridized carbons (Fsp3) is 0.0400. The molecule has 0 fully saturated rings. The van der Waals surface area contributed by atoms with Gasteiger partial charge in [-0.15, -0.1) is 5.10 Å². The minimum absolute atomic E-state index is 0.135. The van der Waals surface area contributed by atoms with Crippen LogP contribution in [0.3, 0.4) is 0 Å². The third-order valence-corrected chi connectivity index (χ3v) is 5.81. The molecule has 3 aromatic heterocycles. The van der Waals surface area contributed by atoms with Crippen molar-refractivity contribution in [2.75, 3.05) is 10.6 Å². The van der Waals surface area contributed by atoms with Crippen LogP contribution in [0.2, 0.25) is 5.02 Å². The van der Waals surface area contributed by atoms with Crippen molar-refractivity contribution in [1.29, 1.82) is 10.5 Å². The first-order chi connectivity index (χ1) is 18.0. The summed E-state index contributed by atoms with van der Waals surface area (Å²) in [6.07, 6.45) is 4.09. The second-order valence-electron chi connectivity index (χ2n) is 7.84. The number of fused-ring (bicyclic) bond motifs is 1. The number of rotatable bonds is 6. The lowest BCUT2D eigenvalue weighted by Crippen LogP contribution is -2.13. The van der Waals surface area contributed by atoms with Crippen molar-refractivity contribution in [2.24, 2.45) is 0 Å². The molecule has 37 heavy (non-hydrogen) atoms. The first-order valence-corrected chi connectivity index (χ1v) is 11.1. The molecule has 0 aliphatic rings. The Morgan fingerprint density at radius 1 is 0.973 bits per heavy atom. The van der Waals surface area contributed by atoms with Gasteiger partial charge in [0, 0.05) is 29.5 Å². The maximum atomic E-state index is 13.8. The molecule has 3 heterocycles. The third-order valence-electron chi connectivity index (χ3n) is 5.53. The third kappa shape index (κ3) is 4.72. The fourth-order valence-corrected chi connectivity index (χ4v) is 4.06. The Balaban J connectivity index is 1.60. The van der Waals surface area contributed by atoms with Gasteiger partial charge < -0.3 is 10.6 Å². The number of hydrogen-bond acceptors (Lipinski definition) is 8. The number of nitrogens with zero attached hydrogens (tertiary/aromatic N) is 6. The number of nitriles is 2. The van der Waals surface area contributed by atoms with Crippen LogP contribution in [0, 0.1) is 34.4 Å². The van der Waals surface area contributed by atoms with Crippen LogP contribution in [0.4, 0.5) is 25.8 Å². The van der Waals surface area contributed by atoms with Crippen molar-refractivity contribution < 1.29 is 8.78 Å². The second kappa shape index (κ2) is 9.85. The zero-order valence-corrected chi connectivity index (χ0v) is 19.4. The zero-order chi connectivity index (χ0) is 25.9. The van der Waals surface area contributed by atoms with E-state index in [2.05, 4.69) is 42.1 Å². The number of hydrogen-bond donors (Lipinski definition) is 3. The second-order valence-corrected chi connectivity index (χ2v) is 8.25. The van der Waals surface area contributed by atoms with Crippen LogP contribution in [0.25, 0.3) is 10.9 Å². The van der Waals surface area contributed by atoms with Crippen molar-refractivity contribution in [3.05, 3.63) is 100 Å². The molecule has 5 rings (SSSR count). The van der Waals surface area contributed by atoms with Gasteiger partial charge in [-0.1, -0.05) is 28.9 Å². The molecule has 1 atom stereocenters. The standard InChI is InChI=1S/C25H14ClF2N9/c26-19-6-16(34-23(21-12-33-37-36-21)14-3-1-13(8-29)2-4-14)5-18-22(15(9-30)10-31-24(18)19)35-17-7-20(27)25(28)32-11-17/h1-7,10-12,23,34H,(H,31,35)(H,33,36,37)/t23-/m0/s1. The summed E-state index contributed by atoms with van der Waals surface area (Å²) < 4.78 is 27.1. The topological polar surface area (TPSA) is 139 Å².